The van der Waals surface area contributed by atoms with Crippen molar-refractivity contribution in [1.82, 2.24) is 15.2 Å². The van der Waals surface area contributed by atoms with Crippen molar-refractivity contribution < 1.29 is 57.5 Å². The van der Waals surface area contributed by atoms with Crippen molar-refractivity contribution >= 4 is 80.9 Å². The molecule has 1 saturated carbocycles. The number of nitrogens with zero attached hydrogens (tertiary/aromatic N) is 3. The summed E-state index contributed by atoms with van der Waals surface area (Å²) in [5.41, 5.74) is 1.90. The molecule has 2 fully saturated rings. The number of nitrogens with one attached hydrogen (secondary N) is 2. The van der Waals surface area contributed by atoms with Gasteiger partial charge in [-0.25, -0.2) is 14.6 Å². The molecule has 2 aliphatic heterocycles. The Morgan fingerprint density at radius 1 is 0.659 bits per heavy atom. The van der Waals surface area contributed by atoms with Crippen LogP contribution in [0.3, 0.4) is 0 Å². The Morgan fingerprint density at radius 3 is 1.53 bits per heavy atom. The van der Waals surface area contributed by atoms with Gasteiger partial charge in [-0.05, 0) is 91.4 Å². The number of amides is 2. The standard InChI is InChI=1S/C72H64N5O7PS2.HI/c1-70(2,3)83-68(81)71(45-28-46-71)84-76-60(59-49-87-69(73-59)75-72(53-33-16-6-17-34-53,54-35-18-7-19-36-54)55-37-20-8-21-38-55)64(78)74-61-65(79)77-62(67(80)82-63(50-29-12-4-13-30-50)51-31-14-5-15-32-51)52(48-86-66(61)77)47-85(56-39-22-9-23-40-56,57-41-24-10-25-42-57)58-43-26-11-27-44-58;/h4-27,29-44,49,61,63,66H,28,45-48H2,1-3H3,(H-,73,74,75,78);1H/b76-60+;/t61?,66-;/m1./s1. The molecule has 444 valence electrons. The highest BCUT2D eigenvalue weighted by Gasteiger charge is 2.58. The zero-order chi connectivity index (χ0) is 60.0. The number of hydrogen-bond donors (Lipinski definition) is 2. The average molecular weight is 1330 g/mol. The van der Waals surface area contributed by atoms with Crippen LogP contribution in [-0.2, 0) is 39.0 Å². The molecule has 0 bridgehead atoms. The van der Waals surface area contributed by atoms with Crippen LogP contribution in [-0.4, -0.2) is 73.9 Å². The molecule has 2 amide bonds. The fraction of sp³-hybridized carbons (Fsp3) is 0.194. The van der Waals surface area contributed by atoms with E-state index in [-0.39, 0.29) is 41.1 Å². The summed E-state index contributed by atoms with van der Waals surface area (Å²) in [6.45, 7) is 5.36. The first-order valence-electron chi connectivity index (χ1n) is 29.1. The van der Waals surface area contributed by atoms with E-state index >= 15 is 14.4 Å². The van der Waals surface area contributed by atoms with Crippen LogP contribution in [0.15, 0.2) is 264 Å². The summed E-state index contributed by atoms with van der Waals surface area (Å²) in [5, 5.41) is 16.1. The van der Waals surface area contributed by atoms with Crippen molar-refractivity contribution in [2.75, 3.05) is 17.2 Å². The first-order chi connectivity index (χ1) is 42.4. The summed E-state index contributed by atoms with van der Waals surface area (Å²) in [7, 11) is -2.64. The highest BCUT2D eigenvalue weighted by molar-refractivity contribution is 8.00. The van der Waals surface area contributed by atoms with Gasteiger partial charge < -0.3 is 48.9 Å². The van der Waals surface area contributed by atoms with Crippen LogP contribution in [0.4, 0.5) is 5.13 Å². The van der Waals surface area contributed by atoms with E-state index in [1.165, 1.54) is 28.0 Å². The van der Waals surface area contributed by atoms with E-state index in [2.05, 4.69) is 88.6 Å². The zero-order valence-electron chi connectivity index (χ0n) is 48.8. The normalized spacial score (nSPS) is 16.4. The van der Waals surface area contributed by atoms with Crippen LogP contribution in [0.2, 0.25) is 0 Å². The molecular weight excluding hydrogens is 1270 g/mol. The molecule has 3 heterocycles. The number of β-lactam (4-membered cyclic amide) rings is 1. The lowest BCUT2D eigenvalue weighted by molar-refractivity contribution is -0.196. The molecule has 1 aliphatic carbocycles. The molecule has 8 aromatic carbocycles. The van der Waals surface area contributed by atoms with E-state index < -0.39 is 65.3 Å². The second-order valence-corrected chi connectivity index (χ2v) is 28.2. The van der Waals surface area contributed by atoms with E-state index in [1.807, 2.05) is 170 Å². The smallest absolute Gasteiger partial charge is 0.356 e. The minimum atomic E-state index is -2.64. The van der Waals surface area contributed by atoms with Crippen LogP contribution >= 0.6 is 30.4 Å². The van der Waals surface area contributed by atoms with E-state index in [4.69, 9.17) is 19.3 Å². The maximum Gasteiger partial charge on any atom is 0.356 e. The summed E-state index contributed by atoms with van der Waals surface area (Å²) < 4.78 is 12.6. The molecule has 0 radical (unpaired) electrons. The molecule has 88 heavy (non-hydrogen) atoms. The molecule has 2 N–H and O–H groups in total. The predicted molar refractivity (Wildman–Crippen MR) is 348 cm³/mol. The number of esters is 2. The molecule has 1 saturated heterocycles. The third-order valence-corrected chi connectivity index (χ3v) is 22.6. The number of halogens is 1. The molecule has 1 aromatic heterocycles. The summed E-state index contributed by atoms with van der Waals surface area (Å²) in [6.07, 6.45) is 0.900. The molecular formula is C72H65IN5O7PS2. The number of aromatic nitrogens is 1. The lowest BCUT2D eigenvalue weighted by Gasteiger charge is -2.50. The van der Waals surface area contributed by atoms with Gasteiger partial charge in [0.25, 0.3) is 11.8 Å². The predicted octanol–water partition coefficient (Wildman–Crippen LogP) is 9.52. The number of carbonyl (C=O) groups excluding carboxylic acids is 4. The number of oxime groups is 1. The van der Waals surface area contributed by atoms with E-state index in [0.29, 0.717) is 36.3 Å². The van der Waals surface area contributed by atoms with Crippen molar-refractivity contribution in [3.8, 4) is 0 Å². The largest absolute Gasteiger partial charge is 1.00 e. The Hall–Kier alpha value is -8.21. The molecule has 0 spiro atoms. The van der Waals surface area contributed by atoms with Crippen LogP contribution in [0, 0.1) is 0 Å². The lowest BCUT2D eigenvalue weighted by Crippen LogP contribution is -3.00. The molecule has 1 unspecified atom stereocenters. The molecule has 9 aromatic rings. The lowest BCUT2D eigenvalue weighted by atomic mass is 9.77. The fourth-order valence-corrected chi connectivity index (χ4v) is 18.3. The number of thioether (sulfide) groups is 1. The van der Waals surface area contributed by atoms with Crippen molar-refractivity contribution in [3.63, 3.8) is 0 Å². The van der Waals surface area contributed by atoms with Gasteiger partial charge in [0.1, 0.15) is 57.1 Å². The minimum Gasteiger partial charge on any atom is -1.00 e. The Bertz CT molecular complexity index is 3720. The number of thiazole rings is 1. The number of ether oxygens (including phenoxy) is 2. The van der Waals surface area contributed by atoms with Crippen LogP contribution in [0.5, 0.6) is 0 Å². The van der Waals surface area contributed by atoms with Gasteiger partial charge in [-0.15, -0.1) is 23.1 Å². The Balaban J connectivity index is 0.00000800. The molecule has 3 aliphatic rings. The van der Waals surface area contributed by atoms with Crippen molar-refractivity contribution in [2.24, 2.45) is 5.16 Å². The summed E-state index contributed by atoms with van der Waals surface area (Å²) in [6, 6.07) is 79.5. The second kappa shape index (κ2) is 26.6. The third kappa shape index (κ3) is 12.3. The molecule has 12 rings (SSSR count). The van der Waals surface area contributed by atoms with Crippen LogP contribution < -0.4 is 50.5 Å². The number of benzene rings is 8. The van der Waals surface area contributed by atoms with Crippen LogP contribution in [0.25, 0.3) is 0 Å². The van der Waals surface area contributed by atoms with Crippen molar-refractivity contribution in [3.05, 3.63) is 293 Å². The molecule has 12 nitrogen and oxygen atoms in total. The van der Waals surface area contributed by atoms with E-state index in [9.17, 15) is 4.79 Å². The number of anilines is 1. The zero-order valence-corrected chi connectivity index (χ0v) is 53.5. The minimum absolute atomic E-state index is 0. The second-order valence-electron chi connectivity index (χ2n) is 22.8. The van der Waals surface area contributed by atoms with Gasteiger partial charge in [0.2, 0.25) is 5.60 Å². The summed E-state index contributed by atoms with van der Waals surface area (Å²) in [5.74, 6) is -2.20. The quantitative estimate of drug-likeness (QED) is 0.0144. The highest BCUT2D eigenvalue weighted by atomic mass is 127. The Morgan fingerprint density at radius 2 is 1.10 bits per heavy atom. The average Bonchev–Trinajstić information content (AvgIpc) is 0.757. The van der Waals surface area contributed by atoms with Gasteiger partial charge in [0.15, 0.2) is 16.9 Å². The fourth-order valence-electron chi connectivity index (χ4n) is 11.7. The third-order valence-electron chi connectivity index (χ3n) is 16.1. The SMILES string of the molecule is CC(C)(C)OC(=O)C1(O/N=C(/C(=O)NC2C(=O)N3C(C(=O)OC(c4ccccc4)c4ccccc4)=C(C[P+](c4ccccc4)(c4ccccc4)c4ccccc4)CS[C@H]23)c2csc(NC(c3ccccc3)(c3ccccc3)c3ccccc3)n2)CCC1.[I-]. The molecule has 16 heteroatoms. The maximum atomic E-state index is 15.7. The monoisotopic (exact) mass is 1330 g/mol. The topological polar surface area (TPSA) is 149 Å². The van der Waals surface area contributed by atoms with E-state index in [1.54, 1.807) is 26.2 Å². The van der Waals surface area contributed by atoms with Gasteiger partial charge in [0.05, 0.1) is 6.16 Å². The van der Waals surface area contributed by atoms with Crippen LogP contribution in [0.1, 0.15) is 79.6 Å². The summed E-state index contributed by atoms with van der Waals surface area (Å²) in [4.78, 5) is 73.3. The van der Waals surface area contributed by atoms with Gasteiger partial charge in [-0.3, -0.25) is 14.5 Å². The molecule has 2 atom stereocenters. The number of fused-ring (bicyclic) bond motifs is 1. The first kappa shape index (κ1) is 61.4. The van der Waals surface area contributed by atoms with Gasteiger partial charge in [-0.2, -0.15) is 0 Å². The number of carbonyl (C=O) groups is 4. The summed E-state index contributed by atoms with van der Waals surface area (Å²) >= 11 is 2.74. The Labute approximate surface area is 539 Å². The van der Waals surface area contributed by atoms with Gasteiger partial charge in [-0.1, -0.05) is 211 Å². The van der Waals surface area contributed by atoms with Crippen molar-refractivity contribution in [1.29, 1.82) is 0 Å². The van der Waals surface area contributed by atoms with E-state index in [0.717, 1.165) is 49.3 Å². The number of rotatable bonds is 20. The van der Waals surface area contributed by atoms with Gasteiger partial charge >= 0.3 is 11.9 Å². The van der Waals surface area contributed by atoms with Crippen molar-refractivity contribution in [2.45, 2.75) is 74.3 Å². The van der Waals surface area contributed by atoms with Gasteiger partial charge in [0, 0.05) is 29.5 Å². The number of hydrogen-bond acceptors (Lipinski definition) is 12. The maximum absolute atomic E-state index is 15.7. The first-order valence-corrected chi connectivity index (χ1v) is 33.0. The Kier molecular flexibility index (Phi) is 18.6. The highest BCUT2D eigenvalue weighted by Crippen LogP contribution is 2.58.